The summed E-state index contributed by atoms with van der Waals surface area (Å²) in [5.74, 6) is -1.76. The van der Waals surface area contributed by atoms with Gasteiger partial charge in [0.15, 0.2) is 0 Å². The number of hydrogen-bond acceptors (Lipinski definition) is 5. The van der Waals surface area contributed by atoms with Crippen LogP contribution in [0.3, 0.4) is 0 Å². The highest BCUT2D eigenvalue weighted by atomic mass is 32.2. The molecule has 0 amide bonds. The van der Waals surface area contributed by atoms with E-state index in [0.29, 0.717) is 0 Å². The molecule has 1 saturated carbocycles. The highest BCUT2D eigenvalue weighted by Gasteiger charge is 2.36. The summed E-state index contributed by atoms with van der Waals surface area (Å²) in [4.78, 5) is 10.7. The Morgan fingerprint density at radius 1 is 1.12 bits per heavy atom. The molecule has 1 aromatic rings. The van der Waals surface area contributed by atoms with Gasteiger partial charge < -0.3 is 5.11 Å². The average molecular weight is 374 g/mol. The van der Waals surface area contributed by atoms with Gasteiger partial charge in [-0.25, -0.2) is 21.6 Å². The molecule has 3 rings (SSSR count). The Morgan fingerprint density at radius 2 is 1.79 bits per heavy atom. The van der Waals surface area contributed by atoms with Crippen LogP contribution in [-0.4, -0.2) is 51.3 Å². The van der Waals surface area contributed by atoms with Crippen molar-refractivity contribution in [2.75, 3.05) is 13.1 Å². The van der Waals surface area contributed by atoms with Gasteiger partial charge in [-0.1, -0.05) is 6.07 Å². The largest absolute Gasteiger partial charge is 0.481 e. The molecule has 2 fully saturated rings. The molecule has 1 heterocycles. The van der Waals surface area contributed by atoms with E-state index in [1.165, 1.54) is 18.2 Å². The number of aliphatic carboxylic acids is 1. The third-order valence-corrected chi connectivity index (χ3v) is 7.53. The van der Waals surface area contributed by atoms with Crippen LogP contribution in [0, 0.1) is 5.92 Å². The fraction of sp³-hybridized carbons (Fsp3) is 0.500. The van der Waals surface area contributed by atoms with Crippen LogP contribution in [0.5, 0.6) is 0 Å². The zero-order chi connectivity index (χ0) is 17.5. The number of benzene rings is 1. The van der Waals surface area contributed by atoms with Crippen molar-refractivity contribution in [2.45, 2.75) is 35.1 Å². The van der Waals surface area contributed by atoms with Crippen molar-refractivity contribution >= 4 is 26.0 Å². The van der Waals surface area contributed by atoms with Gasteiger partial charge in [-0.2, -0.15) is 4.31 Å². The maximum atomic E-state index is 12.6. The summed E-state index contributed by atoms with van der Waals surface area (Å²) in [6.07, 6.45) is 1.80. The fourth-order valence-electron chi connectivity index (χ4n) is 2.59. The minimum atomic E-state index is -3.92. The number of hydrogen-bond donors (Lipinski definition) is 2. The van der Waals surface area contributed by atoms with Gasteiger partial charge >= 0.3 is 5.97 Å². The summed E-state index contributed by atoms with van der Waals surface area (Å²) in [5, 5.41) is 9.00. The summed E-state index contributed by atoms with van der Waals surface area (Å²) in [6, 6.07) is 5.07. The predicted molar refractivity (Wildman–Crippen MR) is 84.3 cm³/mol. The number of carboxylic acid groups (broad SMARTS) is 1. The van der Waals surface area contributed by atoms with Gasteiger partial charge in [0, 0.05) is 19.1 Å². The number of nitrogens with one attached hydrogen (secondary N) is 1. The zero-order valence-electron chi connectivity index (χ0n) is 12.8. The maximum absolute atomic E-state index is 12.6. The van der Waals surface area contributed by atoms with Gasteiger partial charge in [-0.05, 0) is 37.5 Å². The molecule has 0 bridgehead atoms. The smallest absolute Gasteiger partial charge is 0.307 e. The van der Waals surface area contributed by atoms with Gasteiger partial charge in [0.25, 0.3) is 0 Å². The highest BCUT2D eigenvalue weighted by molar-refractivity contribution is 7.90. The second-order valence-corrected chi connectivity index (χ2v) is 9.71. The van der Waals surface area contributed by atoms with Crippen molar-refractivity contribution in [3.8, 4) is 0 Å². The van der Waals surface area contributed by atoms with E-state index in [9.17, 15) is 21.6 Å². The van der Waals surface area contributed by atoms with E-state index in [2.05, 4.69) is 4.72 Å². The Hall–Kier alpha value is -1.49. The molecule has 1 atom stereocenters. The number of carboxylic acids is 1. The first-order valence-electron chi connectivity index (χ1n) is 7.55. The molecule has 132 valence electrons. The third-order valence-electron chi connectivity index (χ3n) is 4.15. The standard InChI is InChI=1S/C14H18N2O6S2/c17-14(18)10-6-7-16(9-10)24(21,22)13-3-1-2-12(8-13)23(19,20)15-11-4-5-11/h1-3,8,10-11,15H,4-7,9H2,(H,17,18). The van der Waals surface area contributed by atoms with Gasteiger partial charge in [-0.3, -0.25) is 4.79 Å². The molecular formula is C14H18N2O6S2. The number of sulfonamides is 2. The predicted octanol–water partition coefficient (Wildman–Crippen LogP) is 0.223. The van der Waals surface area contributed by atoms with E-state index in [-0.39, 0.29) is 35.3 Å². The number of rotatable bonds is 6. The summed E-state index contributed by atoms with van der Waals surface area (Å²) in [5.41, 5.74) is 0. The molecular weight excluding hydrogens is 356 g/mol. The van der Waals surface area contributed by atoms with Crippen molar-refractivity contribution in [2.24, 2.45) is 5.92 Å². The molecule has 24 heavy (non-hydrogen) atoms. The van der Waals surface area contributed by atoms with Gasteiger partial charge in [0.1, 0.15) is 0 Å². The van der Waals surface area contributed by atoms with E-state index in [1.54, 1.807) is 0 Å². The number of nitrogens with zero attached hydrogens (tertiary/aromatic N) is 1. The first-order chi connectivity index (χ1) is 11.2. The molecule has 1 unspecified atom stereocenters. The zero-order valence-corrected chi connectivity index (χ0v) is 14.4. The molecule has 1 saturated heterocycles. The van der Waals surface area contributed by atoms with Crippen molar-refractivity contribution in [3.63, 3.8) is 0 Å². The highest BCUT2D eigenvalue weighted by Crippen LogP contribution is 2.27. The van der Waals surface area contributed by atoms with Crippen LogP contribution < -0.4 is 4.72 Å². The fourth-order valence-corrected chi connectivity index (χ4v) is 5.56. The lowest BCUT2D eigenvalue weighted by atomic mass is 10.1. The van der Waals surface area contributed by atoms with E-state index >= 15 is 0 Å². The van der Waals surface area contributed by atoms with Crippen molar-refractivity contribution < 1.29 is 26.7 Å². The third kappa shape index (κ3) is 3.46. The van der Waals surface area contributed by atoms with Crippen LogP contribution in [0.15, 0.2) is 34.1 Å². The molecule has 2 aliphatic rings. The molecule has 1 aliphatic heterocycles. The van der Waals surface area contributed by atoms with E-state index in [1.807, 2.05) is 0 Å². The van der Waals surface area contributed by atoms with Crippen molar-refractivity contribution in [3.05, 3.63) is 24.3 Å². The van der Waals surface area contributed by atoms with Crippen LogP contribution in [0.2, 0.25) is 0 Å². The van der Waals surface area contributed by atoms with Crippen LogP contribution in [0.1, 0.15) is 19.3 Å². The molecule has 1 aromatic carbocycles. The molecule has 2 N–H and O–H groups in total. The normalized spacial score (nSPS) is 22.6. The Balaban J connectivity index is 1.86. The van der Waals surface area contributed by atoms with Crippen LogP contribution in [0.4, 0.5) is 0 Å². The SMILES string of the molecule is O=C(O)C1CCN(S(=O)(=O)c2cccc(S(=O)(=O)NC3CC3)c2)C1. The average Bonchev–Trinajstić information content (AvgIpc) is 3.17. The van der Waals surface area contributed by atoms with Crippen LogP contribution in [-0.2, 0) is 24.8 Å². The summed E-state index contributed by atoms with van der Waals surface area (Å²) >= 11 is 0. The monoisotopic (exact) mass is 374 g/mol. The molecule has 10 heteroatoms. The van der Waals surface area contributed by atoms with E-state index < -0.39 is 31.9 Å². The summed E-state index contributed by atoms with van der Waals surface area (Å²) < 4.78 is 53.3. The molecule has 8 nitrogen and oxygen atoms in total. The van der Waals surface area contributed by atoms with Crippen molar-refractivity contribution in [1.29, 1.82) is 0 Å². The Morgan fingerprint density at radius 3 is 2.38 bits per heavy atom. The Kier molecular flexibility index (Phi) is 4.41. The minimum Gasteiger partial charge on any atom is -0.481 e. The topological polar surface area (TPSA) is 121 Å². The molecule has 0 spiro atoms. The van der Waals surface area contributed by atoms with Gasteiger partial charge in [0.2, 0.25) is 20.0 Å². The van der Waals surface area contributed by atoms with Gasteiger partial charge in [-0.15, -0.1) is 0 Å². The van der Waals surface area contributed by atoms with E-state index in [4.69, 9.17) is 5.11 Å². The lowest BCUT2D eigenvalue weighted by Crippen LogP contribution is -2.30. The van der Waals surface area contributed by atoms with Crippen molar-refractivity contribution in [1.82, 2.24) is 9.03 Å². The maximum Gasteiger partial charge on any atom is 0.307 e. The second-order valence-electron chi connectivity index (χ2n) is 6.06. The van der Waals surface area contributed by atoms with E-state index in [0.717, 1.165) is 23.2 Å². The first kappa shape index (κ1) is 17.3. The first-order valence-corrected chi connectivity index (χ1v) is 10.5. The Labute approximate surface area is 140 Å². The summed E-state index contributed by atoms with van der Waals surface area (Å²) in [7, 11) is -7.68. The van der Waals surface area contributed by atoms with Gasteiger partial charge in [0.05, 0.1) is 15.7 Å². The minimum absolute atomic E-state index is 0.0785. The molecule has 0 radical (unpaired) electrons. The summed E-state index contributed by atoms with van der Waals surface area (Å²) in [6.45, 7) is 0.00553. The lowest BCUT2D eigenvalue weighted by molar-refractivity contribution is -0.141. The van der Waals surface area contributed by atoms with Crippen LogP contribution in [0.25, 0.3) is 0 Å². The number of carbonyl (C=O) groups is 1. The Bertz CT molecular complexity index is 861. The van der Waals surface area contributed by atoms with Crippen LogP contribution >= 0.6 is 0 Å². The quantitative estimate of drug-likeness (QED) is 0.735. The lowest BCUT2D eigenvalue weighted by Gasteiger charge is -2.16. The molecule has 1 aliphatic carbocycles. The second kappa shape index (κ2) is 6.10. The molecule has 0 aromatic heterocycles.